The Morgan fingerprint density at radius 2 is 1.62 bits per heavy atom. The maximum absolute atomic E-state index is 12.3. The molecule has 0 aromatic heterocycles. The fourth-order valence-electron chi connectivity index (χ4n) is 4.61. The van der Waals surface area contributed by atoms with Crippen molar-refractivity contribution in [3.63, 3.8) is 0 Å². The smallest absolute Gasteiger partial charge is 0.306 e. The normalized spacial score (nSPS) is 23.8. The number of benzene rings is 2. The molecule has 134 valence electrons. The van der Waals surface area contributed by atoms with Gasteiger partial charge in [0.05, 0.1) is 0 Å². The summed E-state index contributed by atoms with van der Waals surface area (Å²) in [5.74, 6) is 1.63. The van der Waals surface area contributed by atoms with E-state index >= 15 is 0 Å². The third-order valence-corrected chi connectivity index (χ3v) is 5.99. The van der Waals surface area contributed by atoms with Gasteiger partial charge in [-0.05, 0) is 48.1 Å². The largest absolute Gasteiger partial charge is 0.457 e. The third kappa shape index (κ3) is 3.72. The van der Waals surface area contributed by atoms with E-state index in [9.17, 15) is 9.59 Å². The Balaban J connectivity index is 1.28. The highest BCUT2D eigenvalue weighted by Crippen LogP contribution is 2.49. The zero-order valence-corrected chi connectivity index (χ0v) is 14.9. The van der Waals surface area contributed by atoms with Gasteiger partial charge >= 0.3 is 5.97 Å². The highest BCUT2D eigenvalue weighted by Gasteiger charge is 2.40. The molecule has 2 aliphatic carbocycles. The van der Waals surface area contributed by atoms with Crippen molar-refractivity contribution in [1.82, 2.24) is 0 Å². The zero-order valence-electron chi connectivity index (χ0n) is 14.9. The summed E-state index contributed by atoms with van der Waals surface area (Å²) in [6.45, 7) is -0.162. The van der Waals surface area contributed by atoms with Crippen molar-refractivity contribution in [3.8, 4) is 11.1 Å². The Hall–Kier alpha value is -2.42. The molecule has 0 spiro atoms. The number of hydrogen-bond donors (Lipinski definition) is 0. The van der Waals surface area contributed by atoms with Crippen molar-refractivity contribution in [2.24, 2.45) is 17.8 Å². The molecular weight excluding hydrogens is 324 g/mol. The van der Waals surface area contributed by atoms with Crippen LogP contribution < -0.4 is 0 Å². The second kappa shape index (κ2) is 7.45. The quantitative estimate of drug-likeness (QED) is 0.550. The SMILES string of the molecule is O=C(C[C@H]1C[C@@H]2CC[C@@H]1C2)OCC(=O)c1ccc(-c2ccccc2)cc1. The van der Waals surface area contributed by atoms with E-state index in [1.807, 2.05) is 42.5 Å². The van der Waals surface area contributed by atoms with Gasteiger partial charge in [0.15, 0.2) is 12.4 Å². The summed E-state index contributed by atoms with van der Waals surface area (Å²) in [5, 5.41) is 0. The molecule has 3 nitrogen and oxygen atoms in total. The lowest BCUT2D eigenvalue weighted by Gasteiger charge is -2.20. The van der Waals surface area contributed by atoms with Crippen LogP contribution in [-0.4, -0.2) is 18.4 Å². The van der Waals surface area contributed by atoms with Crippen molar-refractivity contribution in [2.75, 3.05) is 6.61 Å². The molecule has 2 saturated carbocycles. The summed E-state index contributed by atoms with van der Waals surface area (Å²) in [4.78, 5) is 24.4. The monoisotopic (exact) mass is 348 g/mol. The molecule has 3 heteroatoms. The van der Waals surface area contributed by atoms with E-state index in [1.54, 1.807) is 12.1 Å². The fourth-order valence-corrected chi connectivity index (χ4v) is 4.61. The van der Waals surface area contributed by atoms with Crippen molar-refractivity contribution in [1.29, 1.82) is 0 Å². The van der Waals surface area contributed by atoms with Crippen LogP contribution in [0.25, 0.3) is 11.1 Å². The summed E-state index contributed by atoms with van der Waals surface area (Å²) in [6, 6.07) is 17.5. The molecule has 0 aliphatic heterocycles. The standard InChI is InChI=1S/C23H24O3/c24-22(15-26-23(25)14-21-13-16-6-7-20(21)12-16)19-10-8-18(9-11-19)17-4-2-1-3-5-17/h1-5,8-11,16,20-21H,6-7,12-15H2/t16-,20-,21-/m1/s1. The number of esters is 1. The Labute approximate surface area is 154 Å². The predicted octanol–water partition coefficient (Wildman–Crippen LogP) is 4.91. The lowest BCUT2D eigenvalue weighted by molar-refractivity contribution is -0.144. The van der Waals surface area contributed by atoms with Crippen LogP contribution in [0.2, 0.25) is 0 Å². The van der Waals surface area contributed by atoms with Crippen molar-refractivity contribution in [3.05, 3.63) is 60.2 Å². The highest BCUT2D eigenvalue weighted by atomic mass is 16.5. The third-order valence-electron chi connectivity index (χ3n) is 5.99. The van der Waals surface area contributed by atoms with Gasteiger partial charge in [0.2, 0.25) is 0 Å². The number of ketones is 1. The van der Waals surface area contributed by atoms with Crippen LogP contribution in [0.3, 0.4) is 0 Å². The Morgan fingerprint density at radius 1 is 0.885 bits per heavy atom. The molecule has 0 heterocycles. The van der Waals surface area contributed by atoms with Crippen LogP contribution in [0, 0.1) is 17.8 Å². The van der Waals surface area contributed by atoms with Crippen molar-refractivity contribution in [2.45, 2.75) is 32.1 Å². The maximum Gasteiger partial charge on any atom is 0.306 e. The number of carbonyl (C=O) groups is 2. The average molecular weight is 348 g/mol. The molecule has 2 bridgehead atoms. The maximum atomic E-state index is 12.3. The van der Waals surface area contributed by atoms with Gasteiger partial charge in [-0.2, -0.15) is 0 Å². The minimum atomic E-state index is -0.225. The molecule has 0 N–H and O–H groups in total. The van der Waals surface area contributed by atoms with Gasteiger partial charge in [-0.15, -0.1) is 0 Å². The molecule has 0 unspecified atom stereocenters. The minimum absolute atomic E-state index is 0.147. The van der Waals surface area contributed by atoms with Gasteiger partial charge in [0, 0.05) is 12.0 Å². The second-order valence-corrected chi connectivity index (χ2v) is 7.67. The number of fused-ring (bicyclic) bond motifs is 2. The number of Topliss-reactive ketones (excluding diaryl/α,β-unsaturated/α-hetero) is 1. The molecule has 2 aromatic rings. The first-order valence-corrected chi connectivity index (χ1v) is 9.53. The topological polar surface area (TPSA) is 43.4 Å². The molecule has 2 aliphatic rings. The van der Waals surface area contributed by atoms with Gasteiger partial charge < -0.3 is 4.74 Å². The van der Waals surface area contributed by atoms with Crippen LogP contribution in [0.15, 0.2) is 54.6 Å². The van der Waals surface area contributed by atoms with Gasteiger partial charge in [0.1, 0.15) is 0 Å². The molecule has 0 saturated heterocycles. The van der Waals surface area contributed by atoms with E-state index in [0.29, 0.717) is 23.8 Å². The fraction of sp³-hybridized carbons (Fsp3) is 0.391. The minimum Gasteiger partial charge on any atom is -0.457 e. The van der Waals surface area contributed by atoms with Crippen molar-refractivity contribution >= 4 is 11.8 Å². The van der Waals surface area contributed by atoms with Gasteiger partial charge in [-0.1, -0.05) is 61.0 Å². The van der Waals surface area contributed by atoms with E-state index in [-0.39, 0.29) is 18.4 Å². The van der Waals surface area contributed by atoms with E-state index < -0.39 is 0 Å². The second-order valence-electron chi connectivity index (χ2n) is 7.67. The lowest BCUT2D eigenvalue weighted by atomic mass is 9.86. The summed E-state index contributed by atoms with van der Waals surface area (Å²) in [5.41, 5.74) is 2.76. The summed E-state index contributed by atoms with van der Waals surface area (Å²) in [6.07, 6.45) is 5.50. The van der Waals surface area contributed by atoms with E-state index in [0.717, 1.165) is 23.5 Å². The molecule has 26 heavy (non-hydrogen) atoms. The first-order valence-electron chi connectivity index (χ1n) is 9.53. The molecule has 2 aromatic carbocycles. The number of rotatable bonds is 6. The van der Waals surface area contributed by atoms with Crippen LogP contribution >= 0.6 is 0 Å². The Morgan fingerprint density at radius 3 is 2.27 bits per heavy atom. The zero-order chi connectivity index (χ0) is 17.9. The molecule has 0 amide bonds. The number of ether oxygens (including phenoxy) is 1. The Kier molecular flexibility index (Phi) is 4.87. The molecule has 3 atom stereocenters. The van der Waals surface area contributed by atoms with Crippen LogP contribution in [0.1, 0.15) is 42.5 Å². The molecule has 2 fully saturated rings. The van der Waals surface area contributed by atoms with Crippen LogP contribution in [0.5, 0.6) is 0 Å². The predicted molar refractivity (Wildman–Crippen MR) is 101 cm³/mol. The van der Waals surface area contributed by atoms with Gasteiger partial charge in [-0.3, -0.25) is 9.59 Å². The summed E-state index contributed by atoms with van der Waals surface area (Å²) >= 11 is 0. The summed E-state index contributed by atoms with van der Waals surface area (Å²) < 4.78 is 5.25. The number of carbonyl (C=O) groups excluding carboxylic acids is 2. The van der Waals surface area contributed by atoms with Gasteiger partial charge in [-0.25, -0.2) is 0 Å². The van der Waals surface area contributed by atoms with E-state index in [4.69, 9.17) is 4.74 Å². The first kappa shape index (κ1) is 17.0. The van der Waals surface area contributed by atoms with Crippen LogP contribution in [0.4, 0.5) is 0 Å². The molecule has 4 rings (SSSR count). The average Bonchev–Trinajstić information content (AvgIpc) is 3.30. The summed E-state index contributed by atoms with van der Waals surface area (Å²) in [7, 11) is 0. The van der Waals surface area contributed by atoms with E-state index in [2.05, 4.69) is 0 Å². The van der Waals surface area contributed by atoms with Crippen molar-refractivity contribution < 1.29 is 14.3 Å². The molecule has 0 radical (unpaired) electrons. The number of hydrogen-bond acceptors (Lipinski definition) is 3. The molecular formula is C23H24O3. The van der Waals surface area contributed by atoms with Crippen LogP contribution in [-0.2, 0) is 9.53 Å². The van der Waals surface area contributed by atoms with E-state index in [1.165, 1.54) is 19.3 Å². The first-order chi connectivity index (χ1) is 12.7. The highest BCUT2D eigenvalue weighted by molar-refractivity contribution is 5.98. The van der Waals surface area contributed by atoms with Gasteiger partial charge in [0.25, 0.3) is 0 Å². The lowest BCUT2D eigenvalue weighted by Crippen LogP contribution is -2.19. The Bertz CT molecular complexity index is 779.